The molecule has 0 saturated carbocycles. The predicted octanol–water partition coefficient (Wildman–Crippen LogP) is 4.07. The van der Waals surface area contributed by atoms with Crippen LogP contribution in [0.15, 0.2) is 48.5 Å². The van der Waals surface area contributed by atoms with Gasteiger partial charge in [0.05, 0.1) is 10.5 Å². The van der Waals surface area contributed by atoms with Crippen molar-refractivity contribution < 1.29 is 9.66 Å². The molecule has 0 spiro atoms. The van der Waals surface area contributed by atoms with Crippen molar-refractivity contribution in [2.75, 3.05) is 0 Å². The molecule has 0 aliphatic heterocycles. The lowest BCUT2D eigenvalue weighted by molar-refractivity contribution is -0.385. The normalized spacial score (nSPS) is 10.2. The van der Waals surface area contributed by atoms with Crippen molar-refractivity contribution in [3.63, 3.8) is 0 Å². The van der Waals surface area contributed by atoms with E-state index >= 15 is 0 Å². The molecular weight excluding hydrogens is 310 g/mol. The number of rotatable bonds is 5. The summed E-state index contributed by atoms with van der Waals surface area (Å²) in [6.45, 7) is 0.182. The summed E-state index contributed by atoms with van der Waals surface area (Å²) < 4.78 is 5.67. The molecule has 19 heavy (non-hydrogen) atoms. The number of nitro benzene ring substituents is 1. The Kier molecular flexibility index (Phi) is 4.52. The highest BCUT2D eigenvalue weighted by molar-refractivity contribution is 9.08. The number of para-hydroxylation sites is 2. The molecule has 0 aliphatic carbocycles. The van der Waals surface area contributed by atoms with Crippen molar-refractivity contribution in [3.8, 4) is 5.75 Å². The Morgan fingerprint density at radius 2 is 1.68 bits per heavy atom. The van der Waals surface area contributed by atoms with Crippen LogP contribution in [0.1, 0.15) is 11.1 Å². The van der Waals surface area contributed by atoms with Gasteiger partial charge in [-0.15, -0.1) is 0 Å². The molecule has 0 unspecified atom stereocenters. The molecule has 0 saturated heterocycles. The van der Waals surface area contributed by atoms with Gasteiger partial charge in [0.25, 0.3) is 5.69 Å². The second-order valence-corrected chi connectivity index (χ2v) is 4.48. The van der Waals surface area contributed by atoms with Gasteiger partial charge in [-0.3, -0.25) is 10.1 Å². The van der Waals surface area contributed by atoms with Gasteiger partial charge in [-0.2, -0.15) is 0 Å². The van der Waals surface area contributed by atoms with Crippen LogP contribution in [0.4, 0.5) is 5.69 Å². The van der Waals surface area contributed by atoms with Crippen molar-refractivity contribution in [2.45, 2.75) is 11.9 Å². The summed E-state index contributed by atoms with van der Waals surface area (Å²) >= 11 is 3.38. The summed E-state index contributed by atoms with van der Waals surface area (Å²) in [5, 5.41) is 11.6. The Labute approximate surface area is 119 Å². The van der Waals surface area contributed by atoms with Crippen molar-refractivity contribution in [3.05, 3.63) is 69.8 Å². The van der Waals surface area contributed by atoms with Gasteiger partial charge in [0.2, 0.25) is 0 Å². The minimum atomic E-state index is -0.394. The summed E-state index contributed by atoms with van der Waals surface area (Å²) in [7, 11) is 0. The number of hydrogen-bond acceptors (Lipinski definition) is 3. The molecule has 0 heterocycles. The molecule has 2 aromatic carbocycles. The van der Waals surface area contributed by atoms with E-state index in [0.717, 1.165) is 11.3 Å². The summed E-state index contributed by atoms with van der Waals surface area (Å²) in [6, 6.07) is 14.2. The van der Waals surface area contributed by atoms with E-state index in [9.17, 15) is 10.1 Å². The molecule has 0 fully saturated rings. The Morgan fingerprint density at radius 3 is 2.37 bits per heavy atom. The Bertz CT molecular complexity index is 586. The first-order valence-corrected chi connectivity index (χ1v) is 6.83. The van der Waals surface area contributed by atoms with Gasteiger partial charge in [0.1, 0.15) is 12.4 Å². The van der Waals surface area contributed by atoms with Crippen molar-refractivity contribution >= 4 is 21.6 Å². The fraction of sp³-hybridized carbons (Fsp3) is 0.143. The van der Waals surface area contributed by atoms with Crippen LogP contribution in [0.2, 0.25) is 0 Å². The fourth-order valence-corrected chi connectivity index (χ4v) is 2.18. The van der Waals surface area contributed by atoms with Gasteiger partial charge in [0, 0.05) is 17.0 Å². The molecule has 0 aromatic heterocycles. The summed E-state index contributed by atoms with van der Waals surface area (Å²) in [5.74, 6) is 0.734. The minimum absolute atomic E-state index is 0.0822. The molecule has 5 heteroatoms. The van der Waals surface area contributed by atoms with Crippen LogP contribution in [0.25, 0.3) is 0 Å². The van der Waals surface area contributed by atoms with E-state index in [4.69, 9.17) is 4.74 Å². The minimum Gasteiger partial charge on any atom is -0.488 e. The number of hydrogen-bond donors (Lipinski definition) is 0. The highest BCUT2D eigenvalue weighted by Crippen LogP contribution is 2.24. The van der Waals surface area contributed by atoms with Gasteiger partial charge in [-0.25, -0.2) is 0 Å². The maximum Gasteiger partial charge on any atom is 0.276 e. The molecule has 0 amide bonds. The van der Waals surface area contributed by atoms with E-state index < -0.39 is 4.92 Å². The lowest BCUT2D eigenvalue weighted by atomic mass is 10.2. The molecule has 0 radical (unpaired) electrons. The summed E-state index contributed by atoms with van der Waals surface area (Å²) in [6.07, 6.45) is 0. The molecule has 2 rings (SSSR count). The Hall–Kier alpha value is -1.88. The van der Waals surface area contributed by atoms with Gasteiger partial charge >= 0.3 is 0 Å². The second kappa shape index (κ2) is 6.33. The third-order valence-electron chi connectivity index (χ3n) is 2.69. The number of ether oxygens (including phenoxy) is 1. The highest BCUT2D eigenvalue weighted by atomic mass is 79.9. The Balaban J connectivity index is 2.17. The average Bonchev–Trinajstić information content (AvgIpc) is 2.45. The topological polar surface area (TPSA) is 52.4 Å². The third-order valence-corrected chi connectivity index (χ3v) is 3.29. The van der Waals surface area contributed by atoms with Gasteiger partial charge in [0.15, 0.2) is 0 Å². The third kappa shape index (κ3) is 3.32. The largest absolute Gasteiger partial charge is 0.488 e. The van der Waals surface area contributed by atoms with Crippen molar-refractivity contribution in [2.24, 2.45) is 0 Å². The summed E-state index contributed by atoms with van der Waals surface area (Å²) in [5.41, 5.74) is 1.66. The number of halogens is 1. The monoisotopic (exact) mass is 321 g/mol. The van der Waals surface area contributed by atoms with Crippen LogP contribution in [-0.4, -0.2) is 4.92 Å². The van der Waals surface area contributed by atoms with Gasteiger partial charge < -0.3 is 4.74 Å². The molecule has 4 nitrogen and oxygen atoms in total. The molecule has 98 valence electrons. The molecule has 0 atom stereocenters. The first-order valence-electron chi connectivity index (χ1n) is 5.71. The van der Waals surface area contributed by atoms with E-state index in [2.05, 4.69) is 15.9 Å². The van der Waals surface area contributed by atoms with Crippen molar-refractivity contribution in [1.82, 2.24) is 0 Å². The van der Waals surface area contributed by atoms with Gasteiger partial charge in [-0.1, -0.05) is 46.3 Å². The van der Waals surface area contributed by atoms with Crippen LogP contribution in [0.5, 0.6) is 5.75 Å². The fourth-order valence-electron chi connectivity index (χ4n) is 1.72. The van der Waals surface area contributed by atoms with E-state index in [1.54, 1.807) is 18.2 Å². The highest BCUT2D eigenvalue weighted by Gasteiger charge is 2.13. The lowest BCUT2D eigenvalue weighted by Gasteiger charge is -2.10. The Morgan fingerprint density at radius 1 is 1.05 bits per heavy atom. The number of nitro groups is 1. The molecule has 0 bridgehead atoms. The summed E-state index contributed by atoms with van der Waals surface area (Å²) in [4.78, 5) is 10.5. The first-order chi connectivity index (χ1) is 9.22. The maximum atomic E-state index is 10.9. The molecule has 0 aliphatic rings. The van der Waals surface area contributed by atoms with E-state index in [1.165, 1.54) is 6.07 Å². The van der Waals surface area contributed by atoms with E-state index in [-0.39, 0.29) is 12.3 Å². The zero-order valence-corrected chi connectivity index (χ0v) is 11.7. The van der Waals surface area contributed by atoms with Crippen LogP contribution < -0.4 is 4.74 Å². The van der Waals surface area contributed by atoms with E-state index in [0.29, 0.717) is 10.9 Å². The molecule has 0 N–H and O–H groups in total. The molecule has 2 aromatic rings. The smallest absolute Gasteiger partial charge is 0.276 e. The zero-order chi connectivity index (χ0) is 13.7. The predicted molar refractivity (Wildman–Crippen MR) is 76.5 cm³/mol. The second-order valence-electron chi connectivity index (χ2n) is 3.92. The number of alkyl halides is 1. The maximum absolute atomic E-state index is 10.9. The van der Waals surface area contributed by atoms with Crippen LogP contribution >= 0.6 is 15.9 Å². The van der Waals surface area contributed by atoms with Crippen LogP contribution in [0.3, 0.4) is 0 Å². The van der Waals surface area contributed by atoms with Gasteiger partial charge in [-0.05, 0) is 12.1 Å². The van der Waals surface area contributed by atoms with E-state index in [1.807, 2.05) is 24.3 Å². The standard InChI is InChI=1S/C14H12BrNO3/c15-9-11-5-2-4-8-14(11)19-10-12-6-1-3-7-13(12)16(17)18/h1-8H,9-10H2. The number of nitrogens with zero attached hydrogens (tertiary/aromatic N) is 1. The van der Waals surface area contributed by atoms with Crippen LogP contribution in [0, 0.1) is 10.1 Å². The quantitative estimate of drug-likeness (QED) is 0.474. The van der Waals surface area contributed by atoms with Crippen molar-refractivity contribution in [1.29, 1.82) is 0 Å². The first kappa shape index (κ1) is 13.5. The SMILES string of the molecule is O=[N+]([O-])c1ccccc1COc1ccccc1CBr. The zero-order valence-electron chi connectivity index (χ0n) is 10.1. The lowest BCUT2D eigenvalue weighted by Crippen LogP contribution is -2.01. The molecular formula is C14H12BrNO3. The van der Waals surface area contributed by atoms with Crippen LogP contribution in [-0.2, 0) is 11.9 Å². The average molecular weight is 322 g/mol. The number of benzene rings is 2.